The van der Waals surface area contributed by atoms with E-state index in [2.05, 4.69) is 9.97 Å². The molecule has 3 aromatic carbocycles. The summed E-state index contributed by atoms with van der Waals surface area (Å²) in [5.41, 5.74) is 7.69. The maximum atomic E-state index is 5.87. The Kier molecular flexibility index (Phi) is 3.83. The van der Waals surface area contributed by atoms with Crippen LogP contribution in [-0.2, 0) is 0 Å². The molecule has 2 aromatic heterocycles. The highest BCUT2D eigenvalue weighted by Crippen LogP contribution is 2.25. The second-order valence-electron chi connectivity index (χ2n) is 6.97. The standard InChI is InChI=1S/C24H18N2O2/c1-15-3-10-21-19(13-15)25-23(27-21)12-7-17-5-8-18(9-6-17)24-26-20-14-16(2)4-11-22(20)28-24/h3-14H,1-2H3. The molecule has 0 saturated heterocycles. The van der Waals surface area contributed by atoms with Gasteiger partial charge in [-0.2, -0.15) is 0 Å². The molecule has 0 saturated carbocycles. The molecule has 2 heterocycles. The Bertz CT molecular complexity index is 1320. The first kappa shape index (κ1) is 16.5. The Labute approximate surface area is 162 Å². The molecule has 0 fully saturated rings. The molecule has 4 nitrogen and oxygen atoms in total. The predicted octanol–water partition coefficient (Wildman–Crippen LogP) is 6.42. The van der Waals surface area contributed by atoms with Gasteiger partial charge in [0.2, 0.25) is 11.8 Å². The van der Waals surface area contributed by atoms with E-state index in [1.165, 1.54) is 11.1 Å². The summed E-state index contributed by atoms with van der Waals surface area (Å²) in [6, 6.07) is 20.1. The highest BCUT2D eigenvalue weighted by molar-refractivity contribution is 5.78. The van der Waals surface area contributed by atoms with Crippen LogP contribution in [0.1, 0.15) is 22.6 Å². The van der Waals surface area contributed by atoms with Crippen molar-refractivity contribution in [3.05, 3.63) is 83.2 Å². The fourth-order valence-electron chi connectivity index (χ4n) is 3.19. The van der Waals surface area contributed by atoms with Gasteiger partial charge in [0.05, 0.1) is 0 Å². The molecule has 28 heavy (non-hydrogen) atoms. The minimum atomic E-state index is 0.596. The first-order chi connectivity index (χ1) is 13.6. The van der Waals surface area contributed by atoms with Gasteiger partial charge in [0.1, 0.15) is 11.0 Å². The van der Waals surface area contributed by atoms with Gasteiger partial charge in [-0.1, -0.05) is 24.3 Å². The number of nitrogens with zero attached hydrogens (tertiary/aromatic N) is 2. The van der Waals surface area contributed by atoms with Crippen molar-refractivity contribution in [2.45, 2.75) is 13.8 Å². The summed E-state index contributed by atoms with van der Waals surface area (Å²) in [5.74, 6) is 1.23. The topological polar surface area (TPSA) is 52.1 Å². The van der Waals surface area contributed by atoms with Crippen molar-refractivity contribution >= 4 is 34.4 Å². The van der Waals surface area contributed by atoms with E-state index >= 15 is 0 Å². The highest BCUT2D eigenvalue weighted by Gasteiger charge is 2.08. The molecule has 4 heteroatoms. The third-order valence-corrected chi connectivity index (χ3v) is 4.68. The Morgan fingerprint density at radius 2 is 1.32 bits per heavy atom. The third-order valence-electron chi connectivity index (χ3n) is 4.68. The minimum absolute atomic E-state index is 0.596. The van der Waals surface area contributed by atoms with E-state index in [0.717, 1.165) is 33.3 Å². The molecular formula is C24H18N2O2. The van der Waals surface area contributed by atoms with Crippen molar-refractivity contribution in [1.82, 2.24) is 9.97 Å². The van der Waals surface area contributed by atoms with E-state index in [-0.39, 0.29) is 0 Å². The van der Waals surface area contributed by atoms with Gasteiger partial charge in [-0.25, -0.2) is 9.97 Å². The smallest absolute Gasteiger partial charge is 0.227 e. The van der Waals surface area contributed by atoms with E-state index in [4.69, 9.17) is 8.83 Å². The fraction of sp³-hybridized carbons (Fsp3) is 0.0833. The molecular weight excluding hydrogens is 348 g/mol. The van der Waals surface area contributed by atoms with Crippen LogP contribution >= 0.6 is 0 Å². The van der Waals surface area contributed by atoms with Gasteiger partial charge >= 0.3 is 0 Å². The van der Waals surface area contributed by atoms with Gasteiger partial charge in [-0.05, 0) is 73.0 Å². The third kappa shape index (κ3) is 3.09. The fourth-order valence-corrected chi connectivity index (χ4v) is 3.19. The highest BCUT2D eigenvalue weighted by atomic mass is 16.4. The average molecular weight is 366 g/mol. The number of aryl methyl sites for hydroxylation is 2. The van der Waals surface area contributed by atoms with Gasteiger partial charge in [0.15, 0.2) is 11.2 Å². The van der Waals surface area contributed by atoms with Crippen molar-refractivity contribution in [3.63, 3.8) is 0 Å². The first-order valence-electron chi connectivity index (χ1n) is 9.17. The van der Waals surface area contributed by atoms with E-state index in [1.54, 1.807) is 0 Å². The average Bonchev–Trinajstić information content (AvgIpc) is 3.29. The van der Waals surface area contributed by atoms with Crippen LogP contribution < -0.4 is 0 Å². The maximum absolute atomic E-state index is 5.87. The molecule has 136 valence electrons. The van der Waals surface area contributed by atoms with Crippen LogP contribution in [0.3, 0.4) is 0 Å². The van der Waals surface area contributed by atoms with Crippen LogP contribution in [0.2, 0.25) is 0 Å². The van der Waals surface area contributed by atoms with Gasteiger partial charge in [-0.3, -0.25) is 0 Å². The quantitative estimate of drug-likeness (QED) is 0.369. The Balaban J connectivity index is 1.39. The molecule has 0 spiro atoms. The van der Waals surface area contributed by atoms with E-state index in [0.29, 0.717) is 11.8 Å². The van der Waals surface area contributed by atoms with Crippen LogP contribution in [0.15, 0.2) is 69.5 Å². The second kappa shape index (κ2) is 6.50. The second-order valence-corrected chi connectivity index (χ2v) is 6.97. The van der Waals surface area contributed by atoms with Gasteiger partial charge in [0.25, 0.3) is 0 Å². The first-order valence-corrected chi connectivity index (χ1v) is 9.17. The van der Waals surface area contributed by atoms with E-state index < -0.39 is 0 Å². The van der Waals surface area contributed by atoms with Crippen molar-refractivity contribution < 1.29 is 8.83 Å². The van der Waals surface area contributed by atoms with Gasteiger partial charge in [0, 0.05) is 11.6 Å². The van der Waals surface area contributed by atoms with Gasteiger partial charge in [-0.15, -0.1) is 0 Å². The van der Waals surface area contributed by atoms with Crippen LogP contribution in [0.25, 0.3) is 45.8 Å². The molecule has 0 radical (unpaired) electrons. The lowest BCUT2D eigenvalue weighted by Crippen LogP contribution is -1.78. The molecule has 0 amide bonds. The largest absolute Gasteiger partial charge is 0.437 e. The van der Waals surface area contributed by atoms with Crippen LogP contribution in [0.5, 0.6) is 0 Å². The number of aromatic nitrogens is 2. The summed E-state index contributed by atoms with van der Waals surface area (Å²) in [5, 5.41) is 0. The minimum Gasteiger partial charge on any atom is -0.437 e. The zero-order valence-electron chi connectivity index (χ0n) is 15.6. The lowest BCUT2D eigenvalue weighted by Gasteiger charge is -1.96. The monoisotopic (exact) mass is 366 g/mol. The number of benzene rings is 3. The molecule has 5 rings (SSSR count). The van der Waals surface area contributed by atoms with Gasteiger partial charge < -0.3 is 8.83 Å². The maximum Gasteiger partial charge on any atom is 0.227 e. The predicted molar refractivity (Wildman–Crippen MR) is 112 cm³/mol. The van der Waals surface area contributed by atoms with Crippen molar-refractivity contribution in [2.24, 2.45) is 0 Å². The van der Waals surface area contributed by atoms with E-state index in [9.17, 15) is 0 Å². The lowest BCUT2D eigenvalue weighted by atomic mass is 10.1. The summed E-state index contributed by atoms with van der Waals surface area (Å²) >= 11 is 0. The molecule has 5 aromatic rings. The molecule has 0 aliphatic heterocycles. The SMILES string of the molecule is Cc1ccc2oc(C=Cc3ccc(-c4nc5cc(C)ccc5o4)cc3)nc2c1. The molecule has 0 atom stereocenters. The summed E-state index contributed by atoms with van der Waals surface area (Å²) in [6.07, 6.45) is 3.86. The number of hydrogen-bond acceptors (Lipinski definition) is 4. The van der Waals surface area contributed by atoms with Crippen LogP contribution in [-0.4, -0.2) is 9.97 Å². The van der Waals surface area contributed by atoms with Crippen molar-refractivity contribution in [2.75, 3.05) is 0 Å². The van der Waals surface area contributed by atoms with Crippen molar-refractivity contribution in [1.29, 1.82) is 0 Å². The zero-order valence-corrected chi connectivity index (χ0v) is 15.6. The Morgan fingerprint density at radius 3 is 2.04 bits per heavy atom. The molecule has 0 N–H and O–H groups in total. The normalized spacial score (nSPS) is 11.8. The summed E-state index contributed by atoms with van der Waals surface area (Å²) < 4.78 is 11.6. The van der Waals surface area contributed by atoms with Crippen molar-refractivity contribution in [3.8, 4) is 11.5 Å². The van der Waals surface area contributed by atoms with E-state index in [1.807, 2.05) is 86.7 Å². The number of oxazole rings is 2. The van der Waals surface area contributed by atoms with Crippen LogP contribution in [0.4, 0.5) is 0 Å². The van der Waals surface area contributed by atoms with Crippen LogP contribution in [0, 0.1) is 13.8 Å². The number of fused-ring (bicyclic) bond motifs is 2. The molecule has 0 unspecified atom stereocenters. The molecule has 0 aliphatic carbocycles. The molecule has 0 aliphatic rings. The Morgan fingerprint density at radius 1 is 0.679 bits per heavy atom. The zero-order chi connectivity index (χ0) is 19.1. The number of hydrogen-bond donors (Lipinski definition) is 0. The number of rotatable bonds is 3. The Hall–Kier alpha value is -3.66. The summed E-state index contributed by atoms with van der Waals surface area (Å²) in [4.78, 5) is 9.10. The lowest BCUT2D eigenvalue weighted by molar-refractivity contribution is 0.589. The summed E-state index contributed by atoms with van der Waals surface area (Å²) in [6.45, 7) is 4.09. The molecule has 0 bridgehead atoms. The summed E-state index contributed by atoms with van der Waals surface area (Å²) in [7, 11) is 0.